The number of nitrogens with zero attached hydrogens (tertiary/aromatic N) is 1. The van der Waals surface area contributed by atoms with Gasteiger partial charge in [-0.1, -0.05) is 127 Å². The molecule has 0 saturated heterocycles. The van der Waals surface area contributed by atoms with E-state index in [4.69, 9.17) is 0 Å². The molecule has 3 N–H and O–H groups in total. The topological polar surface area (TPSA) is 100 Å². The van der Waals surface area contributed by atoms with Crippen LogP contribution in [0.3, 0.4) is 0 Å². The summed E-state index contributed by atoms with van der Waals surface area (Å²) in [7, 11) is 0. The number of thioether (sulfide) groups is 1. The minimum Gasteiger partial charge on any atom is -0.321 e. The normalized spacial score (nSPS) is 11.8. The first-order chi connectivity index (χ1) is 25.9. The Hall–Kier alpha value is -6.29. The van der Waals surface area contributed by atoms with Crippen molar-refractivity contribution in [3.8, 4) is 11.1 Å². The zero-order chi connectivity index (χ0) is 36.6. The molecule has 6 aromatic carbocycles. The van der Waals surface area contributed by atoms with E-state index in [9.17, 15) is 14.4 Å². The second-order valence-corrected chi connectivity index (χ2v) is 14.4. The summed E-state index contributed by atoms with van der Waals surface area (Å²) in [6.07, 6.45) is 1.66. The fourth-order valence-electron chi connectivity index (χ4n) is 5.65. The fourth-order valence-corrected chi connectivity index (χ4v) is 7.70. The van der Waals surface area contributed by atoms with Gasteiger partial charge in [0.1, 0.15) is 10.9 Å². The van der Waals surface area contributed by atoms with Crippen LogP contribution in [0.1, 0.15) is 32.3 Å². The summed E-state index contributed by atoms with van der Waals surface area (Å²) in [5.74, 6) is -1.11. The van der Waals surface area contributed by atoms with Gasteiger partial charge in [0.2, 0.25) is 5.91 Å². The lowest BCUT2D eigenvalue weighted by molar-refractivity contribution is -0.116. The molecule has 3 amide bonds. The number of benzene rings is 6. The van der Waals surface area contributed by atoms with Crippen LogP contribution in [0.2, 0.25) is 0 Å². The largest absolute Gasteiger partial charge is 0.321 e. The third kappa shape index (κ3) is 8.96. The Morgan fingerprint density at radius 3 is 2.11 bits per heavy atom. The van der Waals surface area contributed by atoms with Crippen molar-refractivity contribution in [2.24, 2.45) is 0 Å². The molecule has 7 nitrogen and oxygen atoms in total. The quantitative estimate of drug-likeness (QED) is 0.0909. The number of nitrogens with one attached hydrogen (secondary N) is 3. The van der Waals surface area contributed by atoms with Crippen molar-refractivity contribution in [1.82, 2.24) is 10.3 Å². The molecule has 0 aliphatic rings. The SMILES string of the molecule is Cc1ccc2nc(NC(=O)C(Sc3cccc(NC(=O)/C(=C\c4ccc(-c5ccccc5)cc4)NC(=O)c4ccccc4)c3)c3ccccc3)sc2c1. The molecule has 1 unspecified atom stereocenters. The van der Waals surface area contributed by atoms with E-state index in [1.54, 1.807) is 36.4 Å². The molecule has 1 heterocycles. The van der Waals surface area contributed by atoms with Gasteiger partial charge in [-0.2, -0.15) is 0 Å². The van der Waals surface area contributed by atoms with Crippen molar-refractivity contribution in [3.63, 3.8) is 0 Å². The van der Waals surface area contributed by atoms with Gasteiger partial charge in [0.25, 0.3) is 11.8 Å². The van der Waals surface area contributed by atoms with Crippen LogP contribution in [0, 0.1) is 6.92 Å². The van der Waals surface area contributed by atoms with Gasteiger partial charge in [-0.25, -0.2) is 4.98 Å². The zero-order valence-electron chi connectivity index (χ0n) is 28.7. The number of aryl methyl sites for hydroxylation is 1. The smallest absolute Gasteiger partial charge is 0.272 e. The molecule has 7 rings (SSSR count). The van der Waals surface area contributed by atoms with Crippen molar-refractivity contribution in [1.29, 1.82) is 0 Å². The predicted molar refractivity (Wildman–Crippen MR) is 217 cm³/mol. The molecule has 0 fully saturated rings. The highest BCUT2D eigenvalue weighted by atomic mass is 32.2. The summed E-state index contributed by atoms with van der Waals surface area (Å²) in [5, 5.41) is 8.73. The Labute approximate surface area is 315 Å². The molecule has 260 valence electrons. The number of carbonyl (C=O) groups excluding carboxylic acids is 3. The minimum absolute atomic E-state index is 0.0805. The molecular formula is C44H34N4O3S2. The molecule has 0 aliphatic heterocycles. The maximum absolute atomic E-state index is 13.9. The van der Waals surface area contributed by atoms with Crippen molar-refractivity contribution >= 4 is 67.9 Å². The molecule has 0 spiro atoms. The molecular weight excluding hydrogens is 697 g/mol. The summed E-state index contributed by atoms with van der Waals surface area (Å²) in [4.78, 5) is 46.3. The lowest BCUT2D eigenvalue weighted by Crippen LogP contribution is -2.30. The molecule has 7 aromatic rings. The van der Waals surface area contributed by atoms with Crippen LogP contribution >= 0.6 is 23.1 Å². The van der Waals surface area contributed by atoms with E-state index in [2.05, 4.69) is 27.0 Å². The molecule has 0 aliphatic carbocycles. The summed E-state index contributed by atoms with van der Waals surface area (Å²) < 4.78 is 1.00. The molecule has 0 radical (unpaired) electrons. The number of hydrogen-bond donors (Lipinski definition) is 3. The maximum atomic E-state index is 13.9. The zero-order valence-corrected chi connectivity index (χ0v) is 30.3. The number of aromatic nitrogens is 1. The van der Waals surface area contributed by atoms with Crippen molar-refractivity contribution < 1.29 is 14.4 Å². The average molecular weight is 731 g/mol. The molecule has 0 saturated carbocycles. The molecule has 1 aromatic heterocycles. The van der Waals surface area contributed by atoms with Crippen LogP contribution in [-0.2, 0) is 9.59 Å². The van der Waals surface area contributed by atoms with Crippen LogP contribution in [-0.4, -0.2) is 22.7 Å². The van der Waals surface area contributed by atoms with E-state index >= 15 is 0 Å². The van der Waals surface area contributed by atoms with E-state index in [0.29, 0.717) is 16.4 Å². The van der Waals surface area contributed by atoms with E-state index in [0.717, 1.165) is 42.9 Å². The second-order valence-electron chi connectivity index (χ2n) is 12.2. The molecule has 9 heteroatoms. The maximum Gasteiger partial charge on any atom is 0.272 e. The van der Waals surface area contributed by atoms with Crippen LogP contribution in [0.4, 0.5) is 10.8 Å². The Morgan fingerprint density at radius 1 is 0.698 bits per heavy atom. The Balaban J connectivity index is 1.12. The van der Waals surface area contributed by atoms with E-state index in [1.807, 2.05) is 128 Å². The summed E-state index contributed by atoms with van der Waals surface area (Å²) in [6, 6.07) is 49.4. The van der Waals surface area contributed by atoms with Gasteiger partial charge < -0.3 is 16.0 Å². The van der Waals surface area contributed by atoms with Crippen LogP contribution < -0.4 is 16.0 Å². The standard InChI is InChI=1S/C44H34N4O3S2/c1-29-20-25-37-39(26-29)53-44(47-37)48-43(51)40(33-14-7-3-8-15-33)52-36-19-11-18-35(28-36)45-42(50)38(46-41(49)34-16-9-4-10-17-34)27-30-21-23-32(24-22-30)31-12-5-2-6-13-31/h2-28,40H,1H3,(H,45,50)(H,46,49)(H,47,48,51)/b38-27+. The Bertz CT molecular complexity index is 2410. The Morgan fingerprint density at radius 2 is 1.38 bits per heavy atom. The second kappa shape index (κ2) is 16.4. The first-order valence-corrected chi connectivity index (χ1v) is 18.6. The minimum atomic E-state index is -0.602. The van der Waals surface area contributed by atoms with Gasteiger partial charge in [0.05, 0.1) is 10.2 Å². The monoisotopic (exact) mass is 730 g/mol. The number of anilines is 2. The summed E-state index contributed by atoms with van der Waals surface area (Å²) in [6.45, 7) is 2.03. The van der Waals surface area contributed by atoms with Crippen molar-refractivity contribution in [3.05, 3.63) is 186 Å². The molecule has 53 heavy (non-hydrogen) atoms. The lowest BCUT2D eigenvalue weighted by atomic mass is 10.0. The van der Waals surface area contributed by atoms with Crippen LogP contribution in [0.25, 0.3) is 27.4 Å². The van der Waals surface area contributed by atoms with Crippen molar-refractivity contribution in [2.45, 2.75) is 17.1 Å². The van der Waals surface area contributed by atoms with Gasteiger partial charge in [-0.05, 0) is 83.3 Å². The van der Waals surface area contributed by atoms with Crippen LogP contribution in [0.5, 0.6) is 0 Å². The average Bonchev–Trinajstić information content (AvgIpc) is 3.59. The number of hydrogen-bond acceptors (Lipinski definition) is 6. The van der Waals surface area contributed by atoms with Crippen LogP contribution in [0.15, 0.2) is 168 Å². The highest BCUT2D eigenvalue weighted by molar-refractivity contribution is 8.00. The number of fused-ring (bicyclic) bond motifs is 1. The summed E-state index contributed by atoms with van der Waals surface area (Å²) >= 11 is 2.81. The van der Waals surface area contributed by atoms with Gasteiger partial charge in [0.15, 0.2) is 5.13 Å². The van der Waals surface area contributed by atoms with E-state index in [-0.39, 0.29) is 11.6 Å². The highest BCUT2D eigenvalue weighted by Gasteiger charge is 2.24. The lowest BCUT2D eigenvalue weighted by Gasteiger charge is -2.17. The molecule has 0 bridgehead atoms. The third-order valence-corrected chi connectivity index (χ3v) is 10.5. The fraction of sp³-hybridized carbons (Fsp3) is 0.0455. The van der Waals surface area contributed by atoms with Gasteiger partial charge in [0, 0.05) is 16.1 Å². The Kier molecular flexibility index (Phi) is 10.9. The number of thiazole rings is 1. The third-order valence-electron chi connectivity index (χ3n) is 8.32. The highest BCUT2D eigenvalue weighted by Crippen LogP contribution is 2.38. The first kappa shape index (κ1) is 35.1. The van der Waals surface area contributed by atoms with Gasteiger partial charge >= 0.3 is 0 Å². The predicted octanol–water partition coefficient (Wildman–Crippen LogP) is 10.2. The van der Waals surface area contributed by atoms with E-state index in [1.165, 1.54) is 23.1 Å². The summed E-state index contributed by atoms with van der Waals surface area (Å²) in [5.41, 5.74) is 6.66. The van der Waals surface area contributed by atoms with Gasteiger partial charge in [-0.15, -0.1) is 11.8 Å². The van der Waals surface area contributed by atoms with Crippen molar-refractivity contribution in [2.75, 3.05) is 10.6 Å². The number of amides is 3. The first-order valence-electron chi connectivity index (χ1n) is 16.9. The van der Waals surface area contributed by atoms with Gasteiger partial charge in [-0.3, -0.25) is 14.4 Å². The number of carbonyl (C=O) groups is 3. The molecule has 1 atom stereocenters. The van der Waals surface area contributed by atoms with E-state index < -0.39 is 17.1 Å². The number of rotatable bonds is 11.